The molecule has 1 rings (SSSR count). The molecule has 0 bridgehead atoms. The van der Waals surface area contributed by atoms with Crippen LogP contribution in [0.5, 0.6) is 5.75 Å². The number of nitrogens with one attached hydrogen (secondary N) is 1. The number of phenolic OH excluding ortho intramolecular Hbond substituents is 1. The molecule has 1 atom stereocenters. The van der Waals surface area contributed by atoms with Crippen LogP contribution in [0.4, 0.5) is 4.39 Å². The Kier molecular flexibility index (Phi) is 4.90. The summed E-state index contributed by atoms with van der Waals surface area (Å²) in [5.41, 5.74) is 5.64. The average molecular weight is 240 g/mol. The van der Waals surface area contributed by atoms with Gasteiger partial charge in [-0.25, -0.2) is 4.39 Å². The number of carbonyl (C=O) groups is 1. The molecule has 0 aromatic heterocycles. The minimum Gasteiger partial charge on any atom is -0.507 e. The first-order valence-corrected chi connectivity index (χ1v) is 5.53. The van der Waals surface area contributed by atoms with Crippen molar-refractivity contribution in [3.05, 3.63) is 29.6 Å². The molecule has 1 unspecified atom stereocenters. The van der Waals surface area contributed by atoms with Gasteiger partial charge in [0, 0.05) is 18.7 Å². The molecule has 0 aliphatic heterocycles. The van der Waals surface area contributed by atoms with E-state index in [4.69, 9.17) is 5.73 Å². The highest BCUT2D eigenvalue weighted by Gasteiger charge is 2.10. The summed E-state index contributed by atoms with van der Waals surface area (Å²) in [5.74, 6) is -1.34. The van der Waals surface area contributed by atoms with Crippen molar-refractivity contribution in [2.75, 3.05) is 6.54 Å². The van der Waals surface area contributed by atoms with E-state index in [2.05, 4.69) is 5.32 Å². The topological polar surface area (TPSA) is 75.3 Å². The fourth-order valence-electron chi connectivity index (χ4n) is 1.42. The highest BCUT2D eigenvalue weighted by molar-refractivity contribution is 5.96. The lowest BCUT2D eigenvalue weighted by Crippen LogP contribution is -2.26. The smallest absolute Gasteiger partial charge is 0.255 e. The predicted octanol–water partition coefficient (Wildman–Crippen LogP) is 1.39. The standard InChI is InChI=1S/C12H17FN2O2/c1-8(14)3-2-6-15-12(17)10-5-4-9(13)7-11(10)16/h4-5,7-8,16H,2-3,6,14H2,1H3,(H,15,17). The number of carbonyl (C=O) groups excluding carboxylic acids is 1. The van der Waals surface area contributed by atoms with Crippen LogP contribution in [0.15, 0.2) is 18.2 Å². The van der Waals surface area contributed by atoms with Gasteiger partial charge in [0.1, 0.15) is 11.6 Å². The summed E-state index contributed by atoms with van der Waals surface area (Å²) in [5, 5.41) is 12.0. The van der Waals surface area contributed by atoms with Gasteiger partial charge in [-0.05, 0) is 31.9 Å². The van der Waals surface area contributed by atoms with E-state index in [1.165, 1.54) is 6.07 Å². The number of hydrogen-bond acceptors (Lipinski definition) is 3. The second-order valence-corrected chi connectivity index (χ2v) is 4.04. The summed E-state index contributed by atoms with van der Waals surface area (Å²) in [6.45, 7) is 2.38. The van der Waals surface area contributed by atoms with Crippen molar-refractivity contribution in [1.29, 1.82) is 0 Å². The summed E-state index contributed by atoms with van der Waals surface area (Å²) in [4.78, 5) is 11.6. The van der Waals surface area contributed by atoms with Gasteiger partial charge in [-0.1, -0.05) is 0 Å². The van der Waals surface area contributed by atoms with Crippen LogP contribution in [-0.2, 0) is 0 Å². The molecule has 0 aliphatic rings. The number of nitrogens with two attached hydrogens (primary N) is 1. The number of benzene rings is 1. The van der Waals surface area contributed by atoms with E-state index >= 15 is 0 Å². The third kappa shape index (κ3) is 4.40. The highest BCUT2D eigenvalue weighted by atomic mass is 19.1. The Morgan fingerprint density at radius 3 is 2.88 bits per heavy atom. The Balaban J connectivity index is 2.47. The second-order valence-electron chi connectivity index (χ2n) is 4.04. The van der Waals surface area contributed by atoms with Gasteiger partial charge in [0.2, 0.25) is 0 Å². The van der Waals surface area contributed by atoms with Gasteiger partial charge in [-0.2, -0.15) is 0 Å². The lowest BCUT2D eigenvalue weighted by Gasteiger charge is -2.08. The summed E-state index contributed by atoms with van der Waals surface area (Å²) in [6.07, 6.45) is 1.58. The number of hydrogen-bond donors (Lipinski definition) is 3. The minimum atomic E-state index is -0.573. The molecule has 5 heteroatoms. The predicted molar refractivity (Wildman–Crippen MR) is 63.3 cm³/mol. The lowest BCUT2D eigenvalue weighted by molar-refractivity contribution is 0.0950. The molecule has 1 aromatic rings. The maximum Gasteiger partial charge on any atom is 0.255 e. The summed E-state index contributed by atoms with van der Waals surface area (Å²) in [6, 6.07) is 3.41. The number of phenols is 1. The monoisotopic (exact) mass is 240 g/mol. The van der Waals surface area contributed by atoms with E-state index in [1.807, 2.05) is 6.92 Å². The Hall–Kier alpha value is -1.62. The van der Waals surface area contributed by atoms with E-state index in [9.17, 15) is 14.3 Å². The van der Waals surface area contributed by atoms with E-state index < -0.39 is 11.7 Å². The van der Waals surface area contributed by atoms with Gasteiger partial charge in [0.05, 0.1) is 5.56 Å². The van der Waals surface area contributed by atoms with Gasteiger partial charge in [0.25, 0.3) is 5.91 Å². The molecule has 0 spiro atoms. The first kappa shape index (κ1) is 13.4. The molecule has 0 fully saturated rings. The molecule has 0 radical (unpaired) electrons. The highest BCUT2D eigenvalue weighted by Crippen LogP contribution is 2.17. The fourth-order valence-corrected chi connectivity index (χ4v) is 1.42. The second kappa shape index (κ2) is 6.20. The van der Waals surface area contributed by atoms with Gasteiger partial charge < -0.3 is 16.2 Å². The van der Waals surface area contributed by atoms with Crippen LogP contribution < -0.4 is 11.1 Å². The van der Waals surface area contributed by atoms with Gasteiger partial charge in [-0.15, -0.1) is 0 Å². The van der Waals surface area contributed by atoms with Crippen molar-refractivity contribution in [1.82, 2.24) is 5.32 Å². The Morgan fingerprint density at radius 2 is 2.29 bits per heavy atom. The molecular weight excluding hydrogens is 223 g/mol. The molecule has 0 saturated heterocycles. The van der Waals surface area contributed by atoms with Crippen molar-refractivity contribution >= 4 is 5.91 Å². The van der Waals surface area contributed by atoms with Crippen molar-refractivity contribution in [3.63, 3.8) is 0 Å². The molecule has 94 valence electrons. The van der Waals surface area contributed by atoms with Crippen molar-refractivity contribution < 1.29 is 14.3 Å². The van der Waals surface area contributed by atoms with Crippen LogP contribution in [0.1, 0.15) is 30.1 Å². The first-order chi connectivity index (χ1) is 8.00. The number of amides is 1. The van der Waals surface area contributed by atoms with Crippen molar-refractivity contribution in [2.45, 2.75) is 25.8 Å². The zero-order chi connectivity index (χ0) is 12.8. The molecule has 1 amide bonds. The summed E-state index contributed by atoms with van der Waals surface area (Å²) >= 11 is 0. The molecule has 1 aromatic carbocycles. The third-order valence-corrected chi connectivity index (χ3v) is 2.33. The number of rotatable bonds is 5. The first-order valence-electron chi connectivity index (χ1n) is 5.53. The van der Waals surface area contributed by atoms with Crippen LogP contribution in [0.25, 0.3) is 0 Å². The van der Waals surface area contributed by atoms with E-state index in [0.29, 0.717) is 6.54 Å². The van der Waals surface area contributed by atoms with E-state index in [-0.39, 0.29) is 17.4 Å². The fraction of sp³-hybridized carbons (Fsp3) is 0.417. The SMILES string of the molecule is CC(N)CCCNC(=O)c1ccc(F)cc1O. The minimum absolute atomic E-state index is 0.0761. The molecule has 17 heavy (non-hydrogen) atoms. The van der Waals surface area contributed by atoms with Crippen LogP contribution in [0.2, 0.25) is 0 Å². The Morgan fingerprint density at radius 1 is 1.59 bits per heavy atom. The maximum atomic E-state index is 12.7. The van der Waals surface area contributed by atoms with Crippen LogP contribution in [0, 0.1) is 5.82 Å². The quantitative estimate of drug-likeness (QED) is 0.681. The Labute approximate surface area is 99.6 Å². The molecule has 0 aliphatic carbocycles. The average Bonchev–Trinajstić information content (AvgIpc) is 2.23. The molecule has 0 heterocycles. The third-order valence-electron chi connectivity index (χ3n) is 2.33. The van der Waals surface area contributed by atoms with Gasteiger partial charge >= 0.3 is 0 Å². The number of aromatic hydroxyl groups is 1. The van der Waals surface area contributed by atoms with Crippen molar-refractivity contribution in [2.24, 2.45) is 5.73 Å². The molecular formula is C12H17FN2O2. The lowest BCUT2D eigenvalue weighted by atomic mass is 10.1. The largest absolute Gasteiger partial charge is 0.507 e. The van der Waals surface area contributed by atoms with Gasteiger partial charge in [-0.3, -0.25) is 4.79 Å². The van der Waals surface area contributed by atoms with Crippen LogP contribution in [-0.4, -0.2) is 23.6 Å². The molecule has 4 nitrogen and oxygen atoms in total. The normalized spacial score (nSPS) is 12.2. The zero-order valence-corrected chi connectivity index (χ0v) is 9.74. The van der Waals surface area contributed by atoms with E-state index in [0.717, 1.165) is 25.0 Å². The molecule has 0 saturated carbocycles. The van der Waals surface area contributed by atoms with Crippen molar-refractivity contribution in [3.8, 4) is 5.75 Å². The van der Waals surface area contributed by atoms with Gasteiger partial charge in [0.15, 0.2) is 0 Å². The Bertz CT molecular complexity index is 394. The zero-order valence-electron chi connectivity index (χ0n) is 9.74. The van der Waals surface area contributed by atoms with Crippen LogP contribution >= 0.6 is 0 Å². The molecule has 4 N–H and O–H groups in total. The number of halogens is 1. The van der Waals surface area contributed by atoms with E-state index in [1.54, 1.807) is 0 Å². The summed E-state index contributed by atoms with van der Waals surface area (Å²) in [7, 11) is 0. The summed E-state index contributed by atoms with van der Waals surface area (Å²) < 4.78 is 12.7. The maximum absolute atomic E-state index is 12.7. The van der Waals surface area contributed by atoms with Crippen LogP contribution in [0.3, 0.4) is 0 Å².